The van der Waals surface area contributed by atoms with Crippen molar-refractivity contribution < 1.29 is 4.79 Å². The van der Waals surface area contributed by atoms with Gasteiger partial charge in [0.2, 0.25) is 5.78 Å². The molecule has 0 fully saturated rings. The molecular formula is C14H10BrN3O. The summed E-state index contributed by atoms with van der Waals surface area (Å²) >= 11 is 3.35. The monoisotopic (exact) mass is 315 g/mol. The lowest BCUT2D eigenvalue weighted by Gasteiger charge is -2.04. The van der Waals surface area contributed by atoms with Gasteiger partial charge in [-0.1, -0.05) is 6.07 Å². The zero-order chi connectivity index (χ0) is 13.4. The highest BCUT2D eigenvalue weighted by atomic mass is 79.9. The van der Waals surface area contributed by atoms with E-state index >= 15 is 0 Å². The van der Waals surface area contributed by atoms with Crippen molar-refractivity contribution in [3.8, 4) is 0 Å². The van der Waals surface area contributed by atoms with Gasteiger partial charge in [0.05, 0.1) is 16.2 Å². The Morgan fingerprint density at radius 3 is 2.89 bits per heavy atom. The number of ketones is 1. The molecule has 1 aromatic carbocycles. The minimum absolute atomic E-state index is 0.0578. The number of aromatic nitrogens is 3. The van der Waals surface area contributed by atoms with Crippen molar-refractivity contribution in [3.63, 3.8) is 0 Å². The molecule has 2 aromatic heterocycles. The van der Waals surface area contributed by atoms with Crippen molar-refractivity contribution in [2.45, 2.75) is 0 Å². The van der Waals surface area contributed by atoms with Crippen LogP contribution in [-0.2, 0) is 7.05 Å². The average Bonchev–Trinajstić information content (AvgIpc) is 2.77. The topological polar surface area (TPSA) is 47.8 Å². The summed E-state index contributed by atoms with van der Waals surface area (Å²) in [6.07, 6.45) is 3.36. The summed E-state index contributed by atoms with van der Waals surface area (Å²) in [7, 11) is 1.75. The molecule has 2 heterocycles. The lowest BCUT2D eigenvalue weighted by Crippen LogP contribution is -2.08. The fourth-order valence-electron chi connectivity index (χ4n) is 2.02. The molecule has 4 nitrogen and oxygen atoms in total. The van der Waals surface area contributed by atoms with Crippen molar-refractivity contribution in [2.75, 3.05) is 0 Å². The van der Waals surface area contributed by atoms with Crippen LogP contribution in [0.2, 0.25) is 0 Å². The minimum atomic E-state index is -0.0578. The molecule has 0 radical (unpaired) electrons. The summed E-state index contributed by atoms with van der Waals surface area (Å²) < 4.78 is 2.27. The second-order valence-electron chi connectivity index (χ2n) is 4.20. The van der Waals surface area contributed by atoms with Crippen molar-refractivity contribution in [1.82, 2.24) is 14.8 Å². The lowest BCUT2D eigenvalue weighted by atomic mass is 10.1. The molecule has 0 atom stereocenters. The van der Waals surface area contributed by atoms with E-state index in [0.29, 0.717) is 15.7 Å². The summed E-state index contributed by atoms with van der Waals surface area (Å²) in [5.74, 6) is -0.0578. The SMILES string of the molecule is Cn1ncc(Br)c1C(=O)c1ccc2ncccc2c1. The Balaban J connectivity index is 2.12. The smallest absolute Gasteiger partial charge is 0.212 e. The first-order chi connectivity index (χ1) is 9.16. The van der Waals surface area contributed by atoms with Gasteiger partial charge >= 0.3 is 0 Å². The Kier molecular flexibility index (Phi) is 2.91. The second kappa shape index (κ2) is 4.59. The fourth-order valence-corrected chi connectivity index (χ4v) is 2.55. The first kappa shape index (κ1) is 12.0. The second-order valence-corrected chi connectivity index (χ2v) is 5.06. The van der Waals surface area contributed by atoms with Crippen LogP contribution in [-0.4, -0.2) is 20.5 Å². The number of halogens is 1. The number of hydrogen-bond acceptors (Lipinski definition) is 3. The Morgan fingerprint density at radius 1 is 1.32 bits per heavy atom. The normalized spacial score (nSPS) is 10.8. The van der Waals surface area contributed by atoms with Crippen LogP contribution in [0, 0.1) is 0 Å². The Bertz CT molecular complexity index is 760. The molecule has 0 aliphatic carbocycles. The van der Waals surface area contributed by atoms with Crippen LogP contribution < -0.4 is 0 Å². The van der Waals surface area contributed by atoms with Crippen molar-refractivity contribution in [3.05, 3.63) is 58.5 Å². The molecule has 0 amide bonds. The Labute approximate surface area is 118 Å². The molecule has 94 valence electrons. The molecule has 0 aliphatic rings. The van der Waals surface area contributed by atoms with Gasteiger partial charge in [0.1, 0.15) is 5.69 Å². The van der Waals surface area contributed by atoms with E-state index in [2.05, 4.69) is 26.0 Å². The van der Waals surface area contributed by atoms with Crippen LogP contribution in [0.5, 0.6) is 0 Å². The van der Waals surface area contributed by atoms with Crippen LogP contribution in [0.3, 0.4) is 0 Å². The molecule has 0 bridgehead atoms. The molecule has 0 N–H and O–H groups in total. The Hall–Kier alpha value is -2.01. The number of nitrogens with zero attached hydrogens (tertiary/aromatic N) is 3. The van der Waals surface area contributed by atoms with E-state index in [1.165, 1.54) is 0 Å². The van der Waals surface area contributed by atoms with E-state index in [9.17, 15) is 4.79 Å². The minimum Gasteiger partial charge on any atom is -0.287 e. The largest absolute Gasteiger partial charge is 0.287 e. The van der Waals surface area contributed by atoms with Gasteiger partial charge in [-0.15, -0.1) is 0 Å². The average molecular weight is 316 g/mol. The fraction of sp³-hybridized carbons (Fsp3) is 0.0714. The van der Waals surface area contributed by atoms with Gasteiger partial charge in [-0.05, 0) is 40.2 Å². The quantitative estimate of drug-likeness (QED) is 0.683. The van der Waals surface area contributed by atoms with Gasteiger partial charge in [-0.3, -0.25) is 14.5 Å². The highest BCUT2D eigenvalue weighted by Crippen LogP contribution is 2.21. The van der Waals surface area contributed by atoms with Gasteiger partial charge in [0.15, 0.2) is 0 Å². The van der Waals surface area contributed by atoms with Gasteiger partial charge in [0, 0.05) is 24.2 Å². The zero-order valence-electron chi connectivity index (χ0n) is 10.2. The molecular weight excluding hydrogens is 306 g/mol. The number of pyridine rings is 1. The molecule has 3 aromatic rings. The summed E-state index contributed by atoms with van der Waals surface area (Å²) in [5, 5.41) is 5.01. The lowest BCUT2D eigenvalue weighted by molar-refractivity contribution is 0.102. The third-order valence-electron chi connectivity index (χ3n) is 2.97. The molecule has 19 heavy (non-hydrogen) atoms. The van der Waals surface area contributed by atoms with Gasteiger partial charge in [-0.2, -0.15) is 5.10 Å². The van der Waals surface area contributed by atoms with E-state index in [-0.39, 0.29) is 5.78 Å². The molecule has 0 aliphatic heterocycles. The number of fused-ring (bicyclic) bond motifs is 1. The highest BCUT2D eigenvalue weighted by molar-refractivity contribution is 9.10. The standard InChI is InChI=1S/C14H10BrN3O/c1-18-13(11(15)8-17-18)14(19)10-4-5-12-9(7-10)3-2-6-16-12/h2-8H,1H3. The summed E-state index contributed by atoms with van der Waals surface area (Å²) in [6.45, 7) is 0. The number of hydrogen-bond donors (Lipinski definition) is 0. The van der Waals surface area contributed by atoms with E-state index in [1.807, 2.05) is 24.3 Å². The number of benzene rings is 1. The maximum Gasteiger partial charge on any atom is 0.212 e. The van der Waals surface area contributed by atoms with E-state index < -0.39 is 0 Å². The zero-order valence-corrected chi connectivity index (χ0v) is 11.8. The highest BCUT2D eigenvalue weighted by Gasteiger charge is 2.17. The van der Waals surface area contributed by atoms with E-state index in [0.717, 1.165) is 10.9 Å². The van der Waals surface area contributed by atoms with Crippen LogP contribution in [0.25, 0.3) is 10.9 Å². The van der Waals surface area contributed by atoms with Crippen molar-refractivity contribution >= 4 is 32.6 Å². The third-order valence-corrected chi connectivity index (χ3v) is 3.55. The summed E-state index contributed by atoms with van der Waals surface area (Å²) in [4.78, 5) is 16.7. The van der Waals surface area contributed by atoms with Crippen LogP contribution in [0.15, 0.2) is 47.2 Å². The molecule has 3 rings (SSSR count). The summed E-state index contributed by atoms with van der Waals surface area (Å²) in [6, 6.07) is 9.29. The molecule has 0 unspecified atom stereocenters. The van der Waals surface area contributed by atoms with Crippen molar-refractivity contribution in [1.29, 1.82) is 0 Å². The molecule has 0 spiro atoms. The van der Waals surface area contributed by atoms with Crippen LogP contribution in [0.1, 0.15) is 16.1 Å². The van der Waals surface area contributed by atoms with Crippen LogP contribution in [0.4, 0.5) is 0 Å². The van der Waals surface area contributed by atoms with E-state index in [4.69, 9.17) is 0 Å². The van der Waals surface area contributed by atoms with Crippen molar-refractivity contribution in [2.24, 2.45) is 7.05 Å². The predicted octanol–water partition coefficient (Wildman–Crippen LogP) is 2.96. The molecule has 5 heteroatoms. The number of aryl methyl sites for hydroxylation is 1. The Morgan fingerprint density at radius 2 is 2.16 bits per heavy atom. The maximum absolute atomic E-state index is 12.5. The first-order valence-corrected chi connectivity index (χ1v) is 6.53. The molecule has 0 saturated carbocycles. The van der Waals surface area contributed by atoms with E-state index in [1.54, 1.807) is 30.2 Å². The maximum atomic E-state index is 12.5. The predicted molar refractivity (Wildman–Crippen MR) is 76.1 cm³/mol. The number of carbonyl (C=O) groups is 1. The number of rotatable bonds is 2. The van der Waals surface area contributed by atoms with Crippen LogP contribution >= 0.6 is 15.9 Å². The number of carbonyl (C=O) groups excluding carboxylic acids is 1. The van der Waals surface area contributed by atoms with Gasteiger partial charge in [0.25, 0.3) is 0 Å². The molecule has 0 saturated heterocycles. The summed E-state index contributed by atoms with van der Waals surface area (Å²) in [5.41, 5.74) is 2.05. The first-order valence-electron chi connectivity index (χ1n) is 5.74. The van der Waals surface area contributed by atoms with Gasteiger partial charge in [-0.25, -0.2) is 0 Å². The van der Waals surface area contributed by atoms with Gasteiger partial charge < -0.3 is 0 Å². The third kappa shape index (κ3) is 2.06.